The van der Waals surface area contributed by atoms with Gasteiger partial charge in [-0.25, -0.2) is 9.97 Å². The van der Waals surface area contributed by atoms with Crippen molar-refractivity contribution in [2.24, 2.45) is 0 Å². The summed E-state index contributed by atoms with van der Waals surface area (Å²) in [7, 11) is 0. The Morgan fingerprint density at radius 1 is 1.23 bits per heavy atom. The zero-order valence-corrected chi connectivity index (χ0v) is 12.0. The van der Waals surface area contributed by atoms with Crippen LogP contribution in [0.3, 0.4) is 0 Å². The predicted molar refractivity (Wildman–Crippen MR) is 73.2 cm³/mol. The molecule has 0 aliphatic rings. The van der Waals surface area contributed by atoms with E-state index in [9.17, 15) is 20.2 Å². The Bertz CT molecular complexity index is 854. The first-order valence-corrected chi connectivity index (χ1v) is 7.10. The number of nitro groups is 2. The normalized spacial score (nSPS) is 10.7. The first kappa shape index (κ1) is 14.2. The molecule has 0 amide bonds. The van der Waals surface area contributed by atoms with Crippen molar-refractivity contribution in [1.82, 2.24) is 19.7 Å². The van der Waals surface area contributed by atoms with Crippen molar-refractivity contribution >= 4 is 34.0 Å². The highest BCUT2D eigenvalue weighted by atomic mass is 32.2. The Balaban J connectivity index is 1.77. The summed E-state index contributed by atoms with van der Waals surface area (Å²) in [6.07, 6.45) is 2.47. The molecule has 0 aliphatic heterocycles. The second-order valence-corrected chi connectivity index (χ2v) is 5.89. The van der Waals surface area contributed by atoms with Crippen LogP contribution in [0.2, 0.25) is 0 Å². The fourth-order valence-electron chi connectivity index (χ4n) is 1.40. The lowest BCUT2D eigenvalue weighted by molar-refractivity contribution is -0.402. The summed E-state index contributed by atoms with van der Waals surface area (Å²) < 4.78 is 6.61. The van der Waals surface area contributed by atoms with Crippen molar-refractivity contribution in [1.29, 1.82) is 0 Å². The van der Waals surface area contributed by atoms with E-state index >= 15 is 0 Å². The highest BCUT2D eigenvalue weighted by molar-refractivity contribution is 8.00. The first-order chi connectivity index (χ1) is 10.5. The van der Waals surface area contributed by atoms with E-state index in [-0.39, 0.29) is 16.0 Å². The highest BCUT2D eigenvalue weighted by Gasteiger charge is 2.16. The molecule has 0 aromatic carbocycles. The number of furan rings is 1. The van der Waals surface area contributed by atoms with Crippen LogP contribution in [0.1, 0.15) is 0 Å². The van der Waals surface area contributed by atoms with Gasteiger partial charge in [-0.1, -0.05) is 0 Å². The van der Waals surface area contributed by atoms with E-state index in [0.29, 0.717) is 4.34 Å². The minimum absolute atomic E-state index is 0.0800. The van der Waals surface area contributed by atoms with Gasteiger partial charge in [0.05, 0.1) is 11.0 Å². The van der Waals surface area contributed by atoms with E-state index in [0.717, 1.165) is 29.3 Å². The standard InChI is InChI=1S/C9H4N6O5S2/c16-14(17)6-2-1-5(20-6)13-4-11-8(12-13)22-9-10-3-7(21-9)15(18)19/h1-4H. The molecular formula is C9H4N6O5S2. The van der Waals surface area contributed by atoms with Gasteiger partial charge in [0.15, 0.2) is 4.34 Å². The van der Waals surface area contributed by atoms with Gasteiger partial charge in [0.2, 0.25) is 11.0 Å². The average Bonchev–Trinajstić information content (AvgIpc) is 3.18. The minimum Gasteiger partial charge on any atom is -0.382 e. The van der Waals surface area contributed by atoms with Crippen LogP contribution in [0.25, 0.3) is 5.88 Å². The van der Waals surface area contributed by atoms with E-state index in [1.54, 1.807) is 0 Å². The molecule has 3 heterocycles. The Morgan fingerprint density at radius 2 is 2.05 bits per heavy atom. The molecule has 0 saturated heterocycles. The van der Waals surface area contributed by atoms with Crippen LogP contribution in [0.4, 0.5) is 10.9 Å². The molecule has 0 fully saturated rings. The molecule has 11 nitrogen and oxygen atoms in total. The number of rotatable bonds is 5. The Kier molecular flexibility index (Phi) is 3.56. The molecule has 22 heavy (non-hydrogen) atoms. The average molecular weight is 340 g/mol. The molecule has 0 N–H and O–H groups in total. The van der Waals surface area contributed by atoms with Crippen molar-refractivity contribution in [3.63, 3.8) is 0 Å². The summed E-state index contributed by atoms with van der Waals surface area (Å²) in [6, 6.07) is 2.59. The van der Waals surface area contributed by atoms with E-state index in [2.05, 4.69) is 15.1 Å². The molecule has 0 aliphatic carbocycles. The molecule has 0 atom stereocenters. The SMILES string of the molecule is O=[N+]([O-])c1ccc(-n2cnc(Sc3ncc([N+](=O)[O-])s3)n2)o1. The van der Waals surface area contributed by atoms with Gasteiger partial charge < -0.3 is 4.42 Å². The van der Waals surface area contributed by atoms with Crippen LogP contribution in [-0.4, -0.2) is 29.6 Å². The van der Waals surface area contributed by atoms with Crippen LogP contribution < -0.4 is 0 Å². The molecule has 13 heteroatoms. The molecule has 3 aromatic rings. The maximum absolute atomic E-state index is 10.6. The Labute approximate surface area is 128 Å². The molecule has 0 bridgehead atoms. The lowest BCUT2D eigenvalue weighted by atomic mass is 10.6. The minimum atomic E-state index is -0.662. The van der Waals surface area contributed by atoms with Gasteiger partial charge in [-0.3, -0.25) is 20.2 Å². The third kappa shape index (κ3) is 2.79. The van der Waals surface area contributed by atoms with Gasteiger partial charge in [0.25, 0.3) is 0 Å². The van der Waals surface area contributed by atoms with E-state index in [1.807, 2.05) is 0 Å². The molecule has 3 aromatic heterocycles. The van der Waals surface area contributed by atoms with Crippen molar-refractivity contribution in [3.8, 4) is 5.88 Å². The topological polar surface area (TPSA) is 143 Å². The van der Waals surface area contributed by atoms with Gasteiger partial charge in [-0.2, -0.15) is 4.68 Å². The predicted octanol–water partition coefficient (Wildman–Crippen LogP) is 2.28. The number of nitrogens with zero attached hydrogens (tertiary/aromatic N) is 6. The summed E-state index contributed by atoms with van der Waals surface area (Å²) in [5.74, 6) is -0.272. The smallest absolute Gasteiger partial charge is 0.382 e. The monoisotopic (exact) mass is 340 g/mol. The molecule has 112 valence electrons. The van der Waals surface area contributed by atoms with Gasteiger partial charge >= 0.3 is 10.9 Å². The van der Waals surface area contributed by atoms with Crippen molar-refractivity contribution in [2.45, 2.75) is 9.50 Å². The Morgan fingerprint density at radius 3 is 2.68 bits per heavy atom. The molecular weight excluding hydrogens is 336 g/mol. The fourth-order valence-corrected chi connectivity index (χ4v) is 3.00. The van der Waals surface area contributed by atoms with Crippen molar-refractivity contribution < 1.29 is 14.3 Å². The third-order valence-corrected chi connectivity index (χ3v) is 4.18. The fraction of sp³-hybridized carbons (Fsp3) is 0. The van der Waals surface area contributed by atoms with Gasteiger partial charge in [0, 0.05) is 6.07 Å². The molecule has 0 saturated carbocycles. The summed E-state index contributed by atoms with van der Waals surface area (Å²) in [4.78, 5) is 27.8. The molecule has 0 spiro atoms. The van der Waals surface area contributed by atoms with Gasteiger partial charge in [-0.15, -0.1) is 5.10 Å². The second kappa shape index (κ2) is 5.53. The third-order valence-electron chi connectivity index (χ3n) is 2.29. The summed E-state index contributed by atoms with van der Waals surface area (Å²) >= 11 is 1.94. The van der Waals surface area contributed by atoms with Gasteiger partial charge in [0.1, 0.15) is 17.4 Å². The highest BCUT2D eigenvalue weighted by Crippen LogP contribution is 2.32. The molecule has 0 radical (unpaired) electrons. The van der Waals surface area contributed by atoms with Crippen LogP contribution >= 0.6 is 23.1 Å². The van der Waals surface area contributed by atoms with Crippen LogP contribution in [0.15, 0.2) is 38.6 Å². The zero-order valence-electron chi connectivity index (χ0n) is 10.4. The van der Waals surface area contributed by atoms with E-state index in [1.165, 1.54) is 23.1 Å². The number of thiazole rings is 1. The van der Waals surface area contributed by atoms with Gasteiger partial charge in [-0.05, 0) is 23.1 Å². The van der Waals surface area contributed by atoms with Crippen molar-refractivity contribution in [3.05, 3.63) is 44.9 Å². The Hall–Kier alpha value is -2.80. The largest absolute Gasteiger partial charge is 0.434 e. The van der Waals surface area contributed by atoms with Crippen molar-refractivity contribution in [2.75, 3.05) is 0 Å². The maximum Gasteiger partial charge on any atom is 0.434 e. The summed E-state index contributed by atoms with van der Waals surface area (Å²) in [6.45, 7) is 0. The number of aromatic nitrogens is 4. The second-order valence-electron chi connectivity index (χ2n) is 3.66. The van der Waals surface area contributed by atoms with Crippen LogP contribution in [0, 0.1) is 20.2 Å². The summed E-state index contributed by atoms with van der Waals surface area (Å²) in [5, 5.41) is 25.4. The lowest BCUT2D eigenvalue weighted by Crippen LogP contribution is -1.92. The molecule has 0 unspecified atom stereocenters. The summed E-state index contributed by atoms with van der Waals surface area (Å²) in [5.41, 5.74) is 0. The number of hydrogen-bond donors (Lipinski definition) is 0. The maximum atomic E-state index is 10.6. The van der Waals surface area contributed by atoms with Crippen LogP contribution in [-0.2, 0) is 0 Å². The van der Waals surface area contributed by atoms with E-state index in [4.69, 9.17) is 4.42 Å². The molecule has 3 rings (SSSR count). The lowest BCUT2D eigenvalue weighted by Gasteiger charge is -1.91. The quantitative estimate of drug-likeness (QED) is 0.504. The zero-order chi connectivity index (χ0) is 15.7. The van der Waals surface area contributed by atoms with Crippen LogP contribution in [0.5, 0.6) is 0 Å². The number of hydrogen-bond acceptors (Lipinski definition) is 10. The van der Waals surface area contributed by atoms with E-state index < -0.39 is 15.7 Å². The first-order valence-electron chi connectivity index (χ1n) is 5.47.